The van der Waals surface area contributed by atoms with Crippen LogP contribution in [0.4, 0.5) is 4.39 Å². The Kier molecular flexibility index (Phi) is 4.94. The molecule has 1 aromatic carbocycles. The summed E-state index contributed by atoms with van der Waals surface area (Å²) in [5.74, 6) is -0.273. The van der Waals surface area contributed by atoms with E-state index in [9.17, 15) is 9.18 Å². The van der Waals surface area contributed by atoms with E-state index in [1.807, 2.05) is 18.7 Å². The number of carbonyl (C=O) groups is 1. The van der Waals surface area contributed by atoms with Crippen LogP contribution in [0.3, 0.4) is 0 Å². The average Bonchev–Trinajstić information content (AvgIpc) is 3.01. The second-order valence-electron chi connectivity index (χ2n) is 5.77. The third-order valence-corrected chi connectivity index (χ3v) is 4.31. The molecular weight excluding hydrogens is 309 g/mol. The molecule has 0 bridgehead atoms. The molecule has 0 atom stereocenters. The van der Waals surface area contributed by atoms with Gasteiger partial charge in [-0.1, -0.05) is 13.8 Å². The normalized spacial score (nSPS) is 14.9. The van der Waals surface area contributed by atoms with E-state index in [0.29, 0.717) is 44.7 Å². The summed E-state index contributed by atoms with van der Waals surface area (Å²) in [6.45, 7) is 6.35. The van der Waals surface area contributed by atoms with Crippen LogP contribution in [0.2, 0.25) is 0 Å². The fourth-order valence-corrected chi connectivity index (χ4v) is 3.04. The summed E-state index contributed by atoms with van der Waals surface area (Å²) in [6, 6.07) is 6.19. The topological polar surface area (TPSA) is 47.4 Å². The van der Waals surface area contributed by atoms with Gasteiger partial charge in [0.2, 0.25) is 0 Å². The Morgan fingerprint density at radius 2 is 1.83 bits per heavy atom. The Labute approximate surface area is 141 Å². The summed E-state index contributed by atoms with van der Waals surface area (Å²) in [7, 11) is 0. The molecule has 1 saturated heterocycles. The number of carbonyl (C=O) groups excluding carboxylic acids is 1. The number of benzene rings is 1. The summed E-state index contributed by atoms with van der Waals surface area (Å²) in [5.41, 5.74) is 3.11. The predicted octanol–water partition coefficient (Wildman–Crippen LogP) is 2.61. The molecule has 0 unspecified atom stereocenters. The van der Waals surface area contributed by atoms with Gasteiger partial charge in [0, 0.05) is 13.1 Å². The minimum absolute atomic E-state index is 0.0142. The SMILES string of the molecule is CCc1nn(-c2ccc(F)cc2)c(CC)c1C(=O)N1CCOCC1. The van der Waals surface area contributed by atoms with Crippen LogP contribution in [0.25, 0.3) is 5.69 Å². The van der Waals surface area contributed by atoms with Crippen molar-refractivity contribution in [3.05, 3.63) is 47.0 Å². The van der Waals surface area contributed by atoms with Crippen LogP contribution in [0.15, 0.2) is 24.3 Å². The third-order valence-electron chi connectivity index (χ3n) is 4.31. The van der Waals surface area contributed by atoms with Crippen LogP contribution in [0.1, 0.15) is 35.6 Å². The Morgan fingerprint density at radius 1 is 1.17 bits per heavy atom. The van der Waals surface area contributed by atoms with E-state index in [-0.39, 0.29) is 11.7 Å². The number of aryl methyl sites for hydroxylation is 1. The largest absolute Gasteiger partial charge is 0.378 e. The van der Waals surface area contributed by atoms with Gasteiger partial charge in [-0.25, -0.2) is 9.07 Å². The number of aromatic nitrogens is 2. The maximum absolute atomic E-state index is 13.2. The highest BCUT2D eigenvalue weighted by Crippen LogP contribution is 2.23. The number of ether oxygens (including phenoxy) is 1. The highest BCUT2D eigenvalue weighted by molar-refractivity contribution is 5.96. The molecule has 128 valence electrons. The van der Waals surface area contributed by atoms with Crippen molar-refractivity contribution in [1.29, 1.82) is 0 Å². The van der Waals surface area contributed by atoms with Crippen molar-refractivity contribution in [2.24, 2.45) is 0 Å². The quantitative estimate of drug-likeness (QED) is 0.865. The summed E-state index contributed by atoms with van der Waals surface area (Å²) in [5, 5.41) is 4.63. The van der Waals surface area contributed by atoms with E-state index < -0.39 is 0 Å². The van der Waals surface area contributed by atoms with E-state index in [2.05, 4.69) is 5.10 Å². The average molecular weight is 331 g/mol. The van der Waals surface area contributed by atoms with Crippen LogP contribution in [0.5, 0.6) is 0 Å². The molecule has 3 rings (SSSR count). The summed E-state index contributed by atoms with van der Waals surface area (Å²) < 4.78 is 20.3. The summed E-state index contributed by atoms with van der Waals surface area (Å²) >= 11 is 0. The van der Waals surface area contributed by atoms with Gasteiger partial charge in [0.25, 0.3) is 5.91 Å². The van der Waals surface area contributed by atoms with Crippen molar-refractivity contribution in [3.8, 4) is 5.69 Å². The minimum Gasteiger partial charge on any atom is -0.378 e. The predicted molar refractivity (Wildman–Crippen MR) is 89.0 cm³/mol. The van der Waals surface area contributed by atoms with Crippen LogP contribution < -0.4 is 0 Å². The first-order valence-corrected chi connectivity index (χ1v) is 8.39. The number of hydrogen-bond acceptors (Lipinski definition) is 3. The van der Waals surface area contributed by atoms with E-state index in [0.717, 1.165) is 17.1 Å². The zero-order valence-electron chi connectivity index (χ0n) is 14.1. The second kappa shape index (κ2) is 7.13. The molecule has 0 saturated carbocycles. The minimum atomic E-state index is -0.288. The van der Waals surface area contributed by atoms with E-state index in [1.165, 1.54) is 12.1 Å². The van der Waals surface area contributed by atoms with Gasteiger partial charge in [-0.2, -0.15) is 5.10 Å². The Morgan fingerprint density at radius 3 is 2.42 bits per heavy atom. The molecule has 0 radical (unpaired) electrons. The van der Waals surface area contributed by atoms with Gasteiger partial charge in [0.05, 0.1) is 35.9 Å². The van der Waals surface area contributed by atoms with Crippen molar-refractivity contribution in [2.45, 2.75) is 26.7 Å². The molecule has 1 aliphatic heterocycles. The first kappa shape index (κ1) is 16.6. The van der Waals surface area contributed by atoms with Gasteiger partial charge in [-0.05, 0) is 37.1 Å². The van der Waals surface area contributed by atoms with Crippen molar-refractivity contribution in [1.82, 2.24) is 14.7 Å². The fourth-order valence-electron chi connectivity index (χ4n) is 3.04. The molecule has 2 aromatic rings. The van der Waals surface area contributed by atoms with Crippen LogP contribution in [-0.4, -0.2) is 46.9 Å². The lowest BCUT2D eigenvalue weighted by Crippen LogP contribution is -2.41. The molecule has 0 N–H and O–H groups in total. The molecular formula is C18H22FN3O2. The van der Waals surface area contributed by atoms with Gasteiger partial charge in [0.1, 0.15) is 5.82 Å². The highest BCUT2D eigenvalue weighted by atomic mass is 19.1. The lowest BCUT2D eigenvalue weighted by Gasteiger charge is -2.27. The monoisotopic (exact) mass is 331 g/mol. The number of morpholine rings is 1. The standard InChI is InChI=1S/C18H22FN3O2/c1-3-15-17(18(23)21-9-11-24-12-10-21)16(4-2)22(20-15)14-7-5-13(19)6-8-14/h5-8H,3-4,9-12H2,1-2H3. The molecule has 0 spiro atoms. The molecule has 6 heteroatoms. The number of hydrogen-bond donors (Lipinski definition) is 0. The molecule has 5 nitrogen and oxygen atoms in total. The lowest BCUT2D eigenvalue weighted by atomic mass is 10.1. The van der Waals surface area contributed by atoms with E-state index in [4.69, 9.17) is 4.74 Å². The molecule has 0 aliphatic carbocycles. The van der Waals surface area contributed by atoms with Crippen molar-refractivity contribution < 1.29 is 13.9 Å². The first-order valence-electron chi connectivity index (χ1n) is 8.39. The molecule has 1 aliphatic rings. The van der Waals surface area contributed by atoms with Gasteiger partial charge in [-0.3, -0.25) is 4.79 Å². The number of rotatable bonds is 4. The zero-order chi connectivity index (χ0) is 17.1. The van der Waals surface area contributed by atoms with Crippen LogP contribution in [0, 0.1) is 5.82 Å². The number of halogens is 1. The van der Waals surface area contributed by atoms with Crippen molar-refractivity contribution >= 4 is 5.91 Å². The van der Waals surface area contributed by atoms with Gasteiger partial charge in [-0.15, -0.1) is 0 Å². The van der Waals surface area contributed by atoms with Gasteiger partial charge in [0.15, 0.2) is 0 Å². The molecule has 1 fully saturated rings. The maximum Gasteiger partial charge on any atom is 0.257 e. The van der Waals surface area contributed by atoms with Crippen LogP contribution >= 0.6 is 0 Å². The zero-order valence-corrected chi connectivity index (χ0v) is 14.1. The molecule has 24 heavy (non-hydrogen) atoms. The Hall–Kier alpha value is -2.21. The third kappa shape index (κ3) is 3.06. The van der Waals surface area contributed by atoms with Gasteiger partial charge < -0.3 is 9.64 Å². The van der Waals surface area contributed by atoms with E-state index in [1.54, 1.807) is 16.8 Å². The Balaban J connectivity index is 2.04. The van der Waals surface area contributed by atoms with E-state index >= 15 is 0 Å². The first-order chi connectivity index (χ1) is 11.7. The summed E-state index contributed by atoms with van der Waals surface area (Å²) in [4.78, 5) is 14.8. The molecule has 1 amide bonds. The number of amides is 1. The molecule has 1 aromatic heterocycles. The second-order valence-corrected chi connectivity index (χ2v) is 5.77. The maximum atomic E-state index is 13.2. The smallest absolute Gasteiger partial charge is 0.257 e. The Bertz CT molecular complexity index is 719. The molecule has 2 heterocycles. The fraction of sp³-hybridized carbons (Fsp3) is 0.444. The lowest BCUT2D eigenvalue weighted by molar-refractivity contribution is 0.0301. The van der Waals surface area contributed by atoms with Crippen molar-refractivity contribution in [3.63, 3.8) is 0 Å². The highest BCUT2D eigenvalue weighted by Gasteiger charge is 2.27. The number of nitrogens with zero attached hydrogens (tertiary/aromatic N) is 3. The van der Waals surface area contributed by atoms with Crippen LogP contribution in [-0.2, 0) is 17.6 Å². The van der Waals surface area contributed by atoms with Crippen molar-refractivity contribution in [2.75, 3.05) is 26.3 Å². The summed E-state index contributed by atoms with van der Waals surface area (Å²) in [6.07, 6.45) is 1.35. The van der Waals surface area contributed by atoms with Gasteiger partial charge >= 0.3 is 0 Å².